The molecule has 1 aliphatic heterocycles. The Labute approximate surface area is 184 Å². The first-order valence-corrected chi connectivity index (χ1v) is 10.2. The molecule has 2 aromatic carbocycles. The number of amides is 2. The lowest BCUT2D eigenvalue weighted by Gasteiger charge is -2.34. The highest BCUT2D eigenvalue weighted by Crippen LogP contribution is 2.28. The summed E-state index contributed by atoms with van der Waals surface area (Å²) in [6.45, 7) is 1.67. The molecular formula is C23H22N4O5. The van der Waals surface area contributed by atoms with Crippen LogP contribution >= 0.6 is 0 Å². The Morgan fingerprint density at radius 2 is 1.88 bits per heavy atom. The minimum Gasteiger partial charge on any atom is -0.468 e. The molecule has 0 saturated carbocycles. The average molecular weight is 434 g/mol. The first-order valence-electron chi connectivity index (χ1n) is 10.2. The number of carbonyl (C=O) groups excluding carboxylic acids is 2. The number of benzene rings is 2. The molecule has 9 heteroatoms. The number of nitro benzene ring substituents is 1. The van der Waals surface area contributed by atoms with E-state index in [2.05, 4.69) is 27.7 Å². The Morgan fingerprint density at radius 1 is 1.06 bits per heavy atom. The van der Waals surface area contributed by atoms with Crippen molar-refractivity contribution in [3.05, 3.63) is 93.9 Å². The molecule has 0 saturated heterocycles. The Bertz CT molecular complexity index is 1130. The highest BCUT2D eigenvalue weighted by Gasteiger charge is 2.28. The number of hydrogen-bond donors (Lipinski definition) is 2. The van der Waals surface area contributed by atoms with Gasteiger partial charge in [-0.05, 0) is 35.7 Å². The molecule has 2 heterocycles. The van der Waals surface area contributed by atoms with Crippen molar-refractivity contribution < 1.29 is 18.9 Å². The van der Waals surface area contributed by atoms with Gasteiger partial charge in [0.15, 0.2) is 0 Å². The van der Waals surface area contributed by atoms with Crippen molar-refractivity contribution in [2.45, 2.75) is 19.0 Å². The lowest BCUT2D eigenvalue weighted by atomic mass is 9.98. The van der Waals surface area contributed by atoms with E-state index in [1.807, 2.05) is 18.2 Å². The first-order chi connectivity index (χ1) is 15.5. The average Bonchev–Trinajstić information content (AvgIpc) is 3.33. The molecule has 0 unspecified atom stereocenters. The summed E-state index contributed by atoms with van der Waals surface area (Å²) in [5, 5.41) is 15.9. The Kier molecular flexibility index (Phi) is 6.27. The fraction of sp³-hybridized carbons (Fsp3) is 0.217. The van der Waals surface area contributed by atoms with Crippen molar-refractivity contribution in [1.29, 1.82) is 0 Å². The van der Waals surface area contributed by atoms with E-state index in [1.165, 1.54) is 35.4 Å². The van der Waals surface area contributed by atoms with Gasteiger partial charge in [-0.3, -0.25) is 24.6 Å². The number of furan rings is 1. The van der Waals surface area contributed by atoms with E-state index in [0.29, 0.717) is 12.3 Å². The van der Waals surface area contributed by atoms with E-state index in [4.69, 9.17) is 4.42 Å². The summed E-state index contributed by atoms with van der Waals surface area (Å²) in [5.41, 5.74) is 2.54. The van der Waals surface area contributed by atoms with E-state index in [1.54, 1.807) is 12.3 Å². The Morgan fingerprint density at radius 3 is 2.62 bits per heavy atom. The highest BCUT2D eigenvalue weighted by atomic mass is 16.6. The molecule has 4 rings (SSSR count). The maximum absolute atomic E-state index is 12.4. The first kappa shape index (κ1) is 21.3. The zero-order valence-electron chi connectivity index (χ0n) is 17.2. The van der Waals surface area contributed by atoms with Gasteiger partial charge in [0.05, 0.1) is 17.2 Å². The summed E-state index contributed by atoms with van der Waals surface area (Å²) < 4.78 is 5.60. The lowest BCUT2D eigenvalue weighted by molar-refractivity contribution is -0.384. The third kappa shape index (κ3) is 4.84. The minimum atomic E-state index is -0.896. The quantitative estimate of drug-likeness (QED) is 0.350. The normalized spacial score (nSPS) is 14.2. The Balaban J connectivity index is 1.41. The van der Waals surface area contributed by atoms with Crippen LogP contribution in [0.2, 0.25) is 0 Å². The molecule has 164 valence electrons. The number of nitro groups is 1. The molecule has 1 aliphatic rings. The summed E-state index contributed by atoms with van der Waals surface area (Å²) in [5.74, 6) is -1.03. The third-order valence-electron chi connectivity index (χ3n) is 5.45. The topological polar surface area (TPSA) is 118 Å². The molecule has 0 spiro atoms. The van der Waals surface area contributed by atoms with Crippen LogP contribution in [0.15, 0.2) is 71.3 Å². The van der Waals surface area contributed by atoms with E-state index in [9.17, 15) is 19.7 Å². The number of non-ortho nitro benzene ring substituents is 1. The number of anilines is 1. The van der Waals surface area contributed by atoms with E-state index in [-0.39, 0.29) is 24.0 Å². The largest absolute Gasteiger partial charge is 0.468 e. The monoisotopic (exact) mass is 434 g/mol. The zero-order valence-corrected chi connectivity index (χ0v) is 17.2. The molecule has 1 aromatic heterocycles. The number of nitrogens with zero attached hydrogens (tertiary/aromatic N) is 2. The van der Waals surface area contributed by atoms with Gasteiger partial charge in [-0.2, -0.15) is 0 Å². The van der Waals surface area contributed by atoms with Crippen LogP contribution in [0.5, 0.6) is 0 Å². The maximum atomic E-state index is 12.4. The van der Waals surface area contributed by atoms with Crippen LogP contribution in [-0.4, -0.2) is 34.7 Å². The summed E-state index contributed by atoms with van der Waals surface area (Å²) in [6, 6.07) is 17.1. The van der Waals surface area contributed by atoms with Crippen LogP contribution in [0, 0.1) is 10.1 Å². The summed E-state index contributed by atoms with van der Waals surface area (Å²) in [4.78, 5) is 37.2. The smallest absolute Gasteiger partial charge is 0.313 e. The standard InChI is InChI=1S/C23H22N4O5/c28-22(23(29)25-18-7-3-8-19(13-18)27(30)31)24-14-20(21-9-4-12-32-21)26-11-10-16-5-1-2-6-17(16)15-26/h1-9,12-13,20H,10-11,14-15H2,(H,24,28)(H,25,29)/t20-/m1/s1. The summed E-state index contributed by atoms with van der Waals surface area (Å²) in [7, 11) is 0. The highest BCUT2D eigenvalue weighted by molar-refractivity contribution is 6.39. The van der Waals surface area contributed by atoms with Crippen molar-refractivity contribution in [1.82, 2.24) is 10.2 Å². The van der Waals surface area contributed by atoms with Gasteiger partial charge < -0.3 is 15.1 Å². The van der Waals surface area contributed by atoms with Gasteiger partial charge in [0.1, 0.15) is 5.76 Å². The van der Waals surface area contributed by atoms with Crippen LogP contribution < -0.4 is 10.6 Å². The third-order valence-corrected chi connectivity index (χ3v) is 5.45. The van der Waals surface area contributed by atoms with Gasteiger partial charge in [0.25, 0.3) is 5.69 Å². The molecule has 3 aromatic rings. The van der Waals surface area contributed by atoms with Crippen LogP contribution in [0.25, 0.3) is 0 Å². The van der Waals surface area contributed by atoms with Crippen LogP contribution in [-0.2, 0) is 22.6 Å². The van der Waals surface area contributed by atoms with Crippen LogP contribution in [0.3, 0.4) is 0 Å². The van der Waals surface area contributed by atoms with Crippen molar-refractivity contribution in [3.8, 4) is 0 Å². The second kappa shape index (κ2) is 9.44. The SMILES string of the molecule is O=C(NC[C@H](c1ccco1)N1CCc2ccccc2C1)C(=O)Nc1cccc([N+](=O)[O-])c1. The van der Waals surface area contributed by atoms with Gasteiger partial charge in [-0.1, -0.05) is 30.3 Å². The molecule has 32 heavy (non-hydrogen) atoms. The van der Waals surface area contributed by atoms with Gasteiger partial charge in [0, 0.05) is 37.5 Å². The number of nitrogens with one attached hydrogen (secondary N) is 2. The molecule has 0 aliphatic carbocycles. The van der Waals surface area contributed by atoms with Gasteiger partial charge in [-0.15, -0.1) is 0 Å². The van der Waals surface area contributed by atoms with E-state index in [0.717, 1.165) is 13.0 Å². The van der Waals surface area contributed by atoms with Crippen LogP contribution in [0.1, 0.15) is 22.9 Å². The minimum absolute atomic E-state index is 0.175. The van der Waals surface area contributed by atoms with Crippen molar-refractivity contribution in [3.63, 3.8) is 0 Å². The molecule has 0 bridgehead atoms. The molecule has 0 fully saturated rings. The summed E-state index contributed by atoms with van der Waals surface area (Å²) in [6.07, 6.45) is 2.46. The van der Waals surface area contributed by atoms with E-state index < -0.39 is 16.7 Å². The molecule has 2 amide bonds. The molecule has 9 nitrogen and oxygen atoms in total. The maximum Gasteiger partial charge on any atom is 0.313 e. The molecular weight excluding hydrogens is 412 g/mol. The fourth-order valence-corrected chi connectivity index (χ4v) is 3.83. The molecule has 0 radical (unpaired) electrons. The van der Waals surface area contributed by atoms with Crippen LogP contribution in [0.4, 0.5) is 11.4 Å². The van der Waals surface area contributed by atoms with E-state index >= 15 is 0 Å². The number of carbonyl (C=O) groups is 2. The Hall–Kier alpha value is -3.98. The lowest BCUT2D eigenvalue weighted by Crippen LogP contribution is -2.43. The number of hydrogen-bond acceptors (Lipinski definition) is 6. The number of fused-ring (bicyclic) bond motifs is 1. The fourth-order valence-electron chi connectivity index (χ4n) is 3.83. The zero-order chi connectivity index (χ0) is 22.5. The second-order valence-electron chi connectivity index (χ2n) is 7.49. The van der Waals surface area contributed by atoms with Gasteiger partial charge >= 0.3 is 11.8 Å². The number of rotatable bonds is 6. The van der Waals surface area contributed by atoms with Crippen molar-refractivity contribution in [2.75, 3.05) is 18.4 Å². The predicted molar refractivity (Wildman–Crippen MR) is 117 cm³/mol. The predicted octanol–water partition coefficient (Wildman–Crippen LogP) is 3.04. The molecule has 2 N–H and O–H groups in total. The van der Waals surface area contributed by atoms with Crippen molar-refractivity contribution in [2.24, 2.45) is 0 Å². The summed E-state index contributed by atoms with van der Waals surface area (Å²) >= 11 is 0. The second-order valence-corrected chi connectivity index (χ2v) is 7.49. The molecule has 1 atom stereocenters. The van der Waals surface area contributed by atoms with Gasteiger partial charge in [-0.25, -0.2) is 0 Å². The van der Waals surface area contributed by atoms with Crippen molar-refractivity contribution >= 4 is 23.2 Å². The van der Waals surface area contributed by atoms with Gasteiger partial charge in [0.2, 0.25) is 0 Å².